The molecule has 0 aliphatic rings. The molecule has 4 nitrogen and oxygen atoms in total. The van der Waals surface area contributed by atoms with Crippen LogP contribution in [0.5, 0.6) is 0 Å². The van der Waals surface area contributed by atoms with Crippen LogP contribution in [0.4, 0.5) is 0 Å². The summed E-state index contributed by atoms with van der Waals surface area (Å²) in [6, 6.07) is 21.8. The number of benzene rings is 2. The Kier molecular flexibility index (Phi) is 5.49. The molecule has 29 heavy (non-hydrogen) atoms. The highest BCUT2D eigenvalue weighted by atomic mass is 79.9. The van der Waals surface area contributed by atoms with Crippen molar-refractivity contribution in [2.24, 2.45) is 0 Å². The molecule has 1 N–H and O–H groups in total. The van der Waals surface area contributed by atoms with Gasteiger partial charge >= 0.3 is 0 Å². The van der Waals surface area contributed by atoms with E-state index in [1.54, 1.807) is 0 Å². The Labute approximate surface area is 178 Å². The SMILES string of the molecule is CCc1nc2c(C)cc(Br)cn2c1C(=O)NC(c1ccccc1)c1ccccc1. The van der Waals surface area contributed by atoms with Crippen molar-refractivity contribution in [3.8, 4) is 0 Å². The van der Waals surface area contributed by atoms with Gasteiger partial charge in [-0.05, 0) is 52.0 Å². The lowest BCUT2D eigenvalue weighted by atomic mass is 9.98. The van der Waals surface area contributed by atoms with Gasteiger partial charge in [0, 0.05) is 10.7 Å². The smallest absolute Gasteiger partial charge is 0.270 e. The Balaban J connectivity index is 1.79. The average Bonchev–Trinajstić information content (AvgIpc) is 3.12. The number of hydrogen-bond donors (Lipinski definition) is 1. The zero-order valence-electron chi connectivity index (χ0n) is 16.4. The van der Waals surface area contributed by atoms with E-state index in [-0.39, 0.29) is 11.9 Å². The quantitative estimate of drug-likeness (QED) is 0.439. The third kappa shape index (κ3) is 3.83. The topological polar surface area (TPSA) is 46.4 Å². The number of nitrogens with one attached hydrogen (secondary N) is 1. The summed E-state index contributed by atoms with van der Waals surface area (Å²) in [6.45, 7) is 4.03. The van der Waals surface area contributed by atoms with E-state index in [1.165, 1.54) is 0 Å². The fourth-order valence-corrected chi connectivity index (χ4v) is 4.20. The van der Waals surface area contributed by atoms with Crippen LogP contribution in [0.25, 0.3) is 5.65 Å². The van der Waals surface area contributed by atoms with Crippen LogP contribution in [-0.4, -0.2) is 15.3 Å². The summed E-state index contributed by atoms with van der Waals surface area (Å²) in [6.07, 6.45) is 2.59. The first-order valence-corrected chi connectivity index (χ1v) is 10.5. The second-order valence-corrected chi connectivity index (χ2v) is 7.94. The minimum atomic E-state index is -0.242. The molecule has 5 heteroatoms. The molecule has 4 aromatic rings. The predicted octanol–water partition coefficient (Wildman–Crippen LogP) is 5.49. The zero-order valence-corrected chi connectivity index (χ0v) is 18.0. The van der Waals surface area contributed by atoms with Gasteiger partial charge in [-0.2, -0.15) is 0 Å². The molecule has 0 fully saturated rings. The summed E-state index contributed by atoms with van der Waals surface area (Å²) in [5, 5.41) is 3.24. The summed E-state index contributed by atoms with van der Waals surface area (Å²) in [7, 11) is 0. The molecule has 0 aliphatic heterocycles. The molecule has 0 aliphatic carbocycles. The van der Waals surface area contributed by atoms with Crippen LogP contribution in [0.1, 0.15) is 45.8 Å². The fourth-order valence-electron chi connectivity index (χ4n) is 3.65. The second kappa shape index (κ2) is 8.21. The van der Waals surface area contributed by atoms with E-state index >= 15 is 0 Å². The van der Waals surface area contributed by atoms with E-state index in [0.717, 1.165) is 32.5 Å². The molecule has 0 saturated carbocycles. The molecule has 2 aromatic heterocycles. The number of fused-ring (bicyclic) bond motifs is 1. The predicted molar refractivity (Wildman–Crippen MR) is 119 cm³/mol. The molecule has 1 amide bonds. The number of hydrogen-bond acceptors (Lipinski definition) is 2. The van der Waals surface area contributed by atoms with E-state index < -0.39 is 0 Å². The maximum Gasteiger partial charge on any atom is 0.270 e. The van der Waals surface area contributed by atoms with Gasteiger partial charge in [0.25, 0.3) is 5.91 Å². The minimum absolute atomic E-state index is 0.135. The summed E-state index contributed by atoms with van der Waals surface area (Å²) in [5.74, 6) is -0.135. The zero-order chi connectivity index (χ0) is 20.4. The maximum absolute atomic E-state index is 13.5. The van der Waals surface area contributed by atoms with E-state index in [4.69, 9.17) is 4.98 Å². The number of amides is 1. The monoisotopic (exact) mass is 447 g/mol. The lowest BCUT2D eigenvalue weighted by molar-refractivity contribution is 0.0936. The van der Waals surface area contributed by atoms with Crippen molar-refractivity contribution in [3.05, 3.63) is 105 Å². The largest absolute Gasteiger partial charge is 0.340 e. The third-order valence-corrected chi connectivity index (χ3v) is 5.47. The minimum Gasteiger partial charge on any atom is -0.340 e. The number of carbonyl (C=O) groups excluding carboxylic acids is 1. The highest BCUT2D eigenvalue weighted by molar-refractivity contribution is 9.10. The van der Waals surface area contributed by atoms with Crippen LogP contribution in [0.15, 0.2) is 77.4 Å². The molecule has 0 bridgehead atoms. The van der Waals surface area contributed by atoms with Crippen LogP contribution in [-0.2, 0) is 6.42 Å². The van der Waals surface area contributed by atoms with Gasteiger partial charge in [-0.3, -0.25) is 9.20 Å². The van der Waals surface area contributed by atoms with Gasteiger partial charge < -0.3 is 5.32 Å². The van der Waals surface area contributed by atoms with Crippen molar-refractivity contribution < 1.29 is 4.79 Å². The van der Waals surface area contributed by atoms with Crippen molar-refractivity contribution in [1.82, 2.24) is 14.7 Å². The third-order valence-electron chi connectivity index (χ3n) is 5.03. The molecular weight excluding hydrogens is 426 g/mol. The molecule has 0 unspecified atom stereocenters. The normalized spacial score (nSPS) is 11.2. The second-order valence-electron chi connectivity index (χ2n) is 7.02. The molecule has 0 radical (unpaired) electrons. The van der Waals surface area contributed by atoms with Crippen LogP contribution < -0.4 is 5.32 Å². The first-order chi connectivity index (χ1) is 14.1. The van der Waals surface area contributed by atoms with Crippen molar-refractivity contribution in [2.75, 3.05) is 0 Å². The number of rotatable bonds is 5. The number of imidazole rings is 1. The highest BCUT2D eigenvalue weighted by Gasteiger charge is 2.23. The first kappa shape index (κ1) is 19.4. The maximum atomic E-state index is 13.5. The molecule has 0 atom stereocenters. The highest BCUT2D eigenvalue weighted by Crippen LogP contribution is 2.25. The number of aryl methyl sites for hydroxylation is 2. The van der Waals surface area contributed by atoms with Crippen molar-refractivity contribution >= 4 is 27.5 Å². The number of aromatic nitrogens is 2. The fraction of sp³-hybridized carbons (Fsp3) is 0.167. The number of carbonyl (C=O) groups is 1. The van der Waals surface area contributed by atoms with Crippen LogP contribution in [0.3, 0.4) is 0 Å². The van der Waals surface area contributed by atoms with Crippen LogP contribution >= 0.6 is 15.9 Å². The van der Waals surface area contributed by atoms with Crippen LogP contribution in [0.2, 0.25) is 0 Å². The Morgan fingerprint density at radius 2 is 1.66 bits per heavy atom. The standard InChI is InChI=1S/C24H22BrN3O/c1-3-20-22(28-15-19(25)14-16(2)23(28)26-20)24(29)27-21(17-10-6-4-7-11-17)18-12-8-5-9-13-18/h4-15,21H,3H2,1-2H3,(H,27,29). The van der Waals surface area contributed by atoms with Crippen molar-refractivity contribution in [1.29, 1.82) is 0 Å². The van der Waals surface area contributed by atoms with Gasteiger partial charge in [0.15, 0.2) is 0 Å². The van der Waals surface area contributed by atoms with Gasteiger partial charge in [0.05, 0.1) is 11.7 Å². The molecule has 146 valence electrons. The van der Waals surface area contributed by atoms with Gasteiger partial charge in [0.2, 0.25) is 0 Å². The first-order valence-electron chi connectivity index (χ1n) is 9.66. The number of pyridine rings is 1. The summed E-state index contributed by atoms with van der Waals surface area (Å²) in [4.78, 5) is 18.2. The van der Waals surface area contributed by atoms with Gasteiger partial charge in [-0.25, -0.2) is 4.98 Å². The Morgan fingerprint density at radius 3 is 2.21 bits per heavy atom. The lowest BCUT2D eigenvalue weighted by Gasteiger charge is -2.20. The van der Waals surface area contributed by atoms with Crippen molar-refractivity contribution in [2.45, 2.75) is 26.3 Å². The molecule has 4 rings (SSSR count). The average molecular weight is 448 g/mol. The van der Waals surface area contributed by atoms with E-state index in [1.807, 2.05) is 91.2 Å². The van der Waals surface area contributed by atoms with E-state index in [0.29, 0.717) is 12.1 Å². The summed E-state index contributed by atoms with van der Waals surface area (Å²) >= 11 is 3.54. The van der Waals surface area contributed by atoms with E-state index in [9.17, 15) is 4.79 Å². The van der Waals surface area contributed by atoms with Gasteiger partial charge in [-0.15, -0.1) is 0 Å². The Morgan fingerprint density at radius 1 is 1.07 bits per heavy atom. The van der Waals surface area contributed by atoms with Gasteiger partial charge in [-0.1, -0.05) is 67.6 Å². The lowest BCUT2D eigenvalue weighted by Crippen LogP contribution is -2.31. The van der Waals surface area contributed by atoms with E-state index in [2.05, 4.69) is 21.2 Å². The molecule has 0 saturated heterocycles. The summed E-state index contributed by atoms with van der Waals surface area (Å²) < 4.78 is 2.81. The molecule has 2 heterocycles. The van der Waals surface area contributed by atoms with Gasteiger partial charge in [0.1, 0.15) is 11.3 Å². The molecule has 2 aromatic carbocycles. The van der Waals surface area contributed by atoms with Crippen molar-refractivity contribution in [3.63, 3.8) is 0 Å². The Bertz CT molecular complexity index is 1110. The molecular formula is C24H22BrN3O. The molecule has 0 spiro atoms. The summed E-state index contributed by atoms with van der Waals surface area (Å²) in [5.41, 5.74) is 5.29. The Hall–Kier alpha value is -2.92. The number of nitrogens with zero attached hydrogens (tertiary/aromatic N) is 2. The number of halogens is 1. The van der Waals surface area contributed by atoms with Crippen LogP contribution in [0, 0.1) is 6.92 Å².